The fourth-order valence-electron chi connectivity index (χ4n) is 1.34. The molecule has 0 aromatic heterocycles. The molecular formula is C13H16N2O2. The maximum Gasteiger partial charge on any atom is 0.261 e. The first kappa shape index (κ1) is 13.1. The number of carbonyl (C=O) groups excluding carboxylic acids is 2. The molecular weight excluding hydrogens is 216 g/mol. The van der Waals surface area contributed by atoms with E-state index in [2.05, 4.69) is 0 Å². The summed E-state index contributed by atoms with van der Waals surface area (Å²) in [6.07, 6.45) is 3.89. The Kier molecular flexibility index (Phi) is 5.10. The number of amides is 1. The van der Waals surface area contributed by atoms with Gasteiger partial charge in [0.15, 0.2) is 0 Å². The average Bonchev–Trinajstić information content (AvgIpc) is 2.34. The Bertz CT molecular complexity index is 399. The summed E-state index contributed by atoms with van der Waals surface area (Å²) in [6, 6.07) is 9.53. The van der Waals surface area contributed by atoms with Gasteiger partial charge in [0.05, 0.1) is 6.54 Å². The smallest absolute Gasteiger partial charge is 0.261 e. The van der Waals surface area contributed by atoms with Gasteiger partial charge < -0.3 is 4.79 Å². The predicted octanol–water partition coefficient (Wildman–Crippen LogP) is 1.20. The van der Waals surface area contributed by atoms with Crippen LogP contribution >= 0.6 is 0 Å². The zero-order valence-electron chi connectivity index (χ0n) is 10.0. The number of carbonyl (C=O) groups is 2. The molecule has 0 radical (unpaired) electrons. The summed E-state index contributed by atoms with van der Waals surface area (Å²) in [6.45, 7) is 0.0605. The number of nitrogens with zero attached hydrogens (tertiary/aromatic N) is 2. The summed E-state index contributed by atoms with van der Waals surface area (Å²) >= 11 is 0. The van der Waals surface area contributed by atoms with E-state index in [1.807, 2.05) is 30.3 Å². The predicted molar refractivity (Wildman–Crippen MR) is 66.9 cm³/mol. The molecule has 0 aliphatic rings. The lowest BCUT2D eigenvalue weighted by Gasteiger charge is -2.25. The molecule has 0 aliphatic carbocycles. The average molecular weight is 232 g/mol. The molecule has 0 saturated carbocycles. The number of hydrazine groups is 1. The number of hydrogen-bond acceptors (Lipinski definition) is 3. The molecule has 0 saturated heterocycles. The molecule has 0 spiro atoms. The minimum Gasteiger partial charge on any atom is -0.301 e. The third kappa shape index (κ3) is 4.20. The summed E-state index contributed by atoms with van der Waals surface area (Å²) in [5.74, 6) is -0.217. The van der Waals surface area contributed by atoms with Crippen LogP contribution in [0.2, 0.25) is 0 Å². The second-order valence-electron chi connectivity index (χ2n) is 3.68. The Labute approximate surface area is 101 Å². The van der Waals surface area contributed by atoms with Crippen LogP contribution in [0.15, 0.2) is 36.4 Å². The SMILES string of the molecule is CN(C)N(CC=O)C(=O)C=Cc1ccccc1. The minimum atomic E-state index is -0.217. The van der Waals surface area contributed by atoms with Crippen molar-refractivity contribution < 1.29 is 9.59 Å². The largest absolute Gasteiger partial charge is 0.301 e. The molecule has 0 heterocycles. The molecule has 1 aromatic carbocycles. The first-order valence-corrected chi connectivity index (χ1v) is 5.30. The van der Waals surface area contributed by atoms with Crippen LogP contribution in [-0.4, -0.2) is 42.9 Å². The third-order valence-corrected chi connectivity index (χ3v) is 2.20. The summed E-state index contributed by atoms with van der Waals surface area (Å²) in [4.78, 5) is 22.2. The fourth-order valence-corrected chi connectivity index (χ4v) is 1.34. The highest BCUT2D eigenvalue weighted by Gasteiger charge is 2.11. The molecule has 17 heavy (non-hydrogen) atoms. The summed E-state index contributed by atoms with van der Waals surface area (Å²) in [7, 11) is 3.44. The fraction of sp³-hybridized carbons (Fsp3) is 0.231. The van der Waals surface area contributed by atoms with Crippen molar-refractivity contribution in [3.05, 3.63) is 42.0 Å². The molecule has 90 valence electrons. The van der Waals surface area contributed by atoms with Gasteiger partial charge in [-0.2, -0.15) is 0 Å². The van der Waals surface area contributed by atoms with Crippen LogP contribution in [-0.2, 0) is 9.59 Å². The van der Waals surface area contributed by atoms with Gasteiger partial charge in [0.1, 0.15) is 6.29 Å². The van der Waals surface area contributed by atoms with Crippen molar-refractivity contribution >= 4 is 18.3 Å². The lowest BCUT2D eigenvalue weighted by Crippen LogP contribution is -2.42. The van der Waals surface area contributed by atoms with Crippen LogP contribution in [0, 0.1) is 0 Å². The Morgan fingerprint density at radius 3 is 2.41 bits per heavy atom. The summed E-state index contributed by atoms with van der Waals surface area (Å²) in [5.41, 5.74) is 0.950. The van der Waals surface area contributed by atoms with Crippen molar-refractivity contribution in [1.82, 2.24) is 10.0 Å². The zero-order chi connectivity index (χ0) is 12.7. The summed E-state index contributed by atoms with van der Waals surface area (Å²) < 4.78 is 0. The highest BCUT2D eigenvalue weighted by Crippen LogP contribution is 2.02. The Balaban J connectivity index is 2.70. The van der Waals surface area contributed by atoms with Gasteiger partial charge in [-0.05, 0) is 11.6 Å². The maximum absolute atomic E-state index is 11.8. The molecule has 0 fully saturated rings. The number of benzene rings is 1. The van der Waals surface area contributed by atoms with Crippen LogP contribution in [0.3, 0.4) is 0 Å². The van der Waals surface area contributed by atoms with Crippen LogP contribution in [0.4, 0.5) is 0 Å². The van der Waals surface area contributed by atoms with Crippen molar-refractivity contribution in [3.8, 4) is 0 Å². The van der Waals surface area contributed by atoms with E-state index in [1.165, 1.54) is 11.1 Å². The normalized spacial score (nSPS) is 10.8. The first-order valence-electron chi connectivity index (χ1n) is 5.30. The van der Waals surface area contributed by atoms with E-state index in [4.69, 9.17) is 0 Å². The van der Waals surface area contributed by atoms with Gasteiger partial charge in [0.2, 0.25) is 0 Å². The van der Waals surface area contributed by atoms with Gasteiger partial charge in [-0.25, -0.2) is 5.01 Å². The Morgan fingerprint density at radius 2 is 1.88 bits per heavy atom. The highest BCUT2D eigenvalue weighted by molar-refractivity contribution is 5.92. The molecule has 0 atom stereocenters. The van der Waals surface area contributed by atoms with Gasteiger partial charge in [-0.1, -0.05) is 30.3 Å². The molecule has 1 aromatic rings. The van der Waals surface area contributed by atoms with E-state index < -0.39 is 0 Å². The molecule has 0 bridgehead atoms. The zero-order valence-corrected chi connectivity index (χ0v) is 10.0. The van der Waals surface area contributed by atoms with Crippen molar-refractivity contribution in [2.24, 2.45) is 0 Å². The molecule has 0 unspecified atom stereocenters. The lowest BCUT2D eigenvalue weighted by molar-refractivity contribution is -0.141. The maximum atomic E-state index is 11.8. The number of aldehydes is 1. The van der Waals surface area contributed by atoms with Gasteiger partial charge >= 0.3 is 0 Å². The quantitative estimate of drug-likeness (QED) is 0.435. The number of rotatable bonds is 5. The van der Waals surface area contributed by atoms with E-state index in [9.17, 15) is 9.59 Å². The minimum absolute atomic E-state index is 0.0605. The van der Waals surface area contributed by atoms with Gasteiger partial charge in [-0.3, -0.25) is 9.80 Å². The molecule has 4 nitrogen and oxygen atoms in total. The molecule has 0 aliphatic heterocycles. The van der Waals surface area contributed by atoms with Crippen LogP contribution in [0.1, 0.15) is 5.56 Å². The third-order valence-electron chi connectivity index (χ3n) is 2.20. The van der Waals surface area contributed by atoms with Crippen LogP contribution in [0.25, 0.3) is 6.08 Å². The summed E-state index contributed by atoms with van der Waals surface area (Å²) in [5, 5.41) is 2.94. The van der Waals surface area contributed by atoms with E-state index in [1.54, 1.807) is 25.2 Å². The molecule has 0 N–H and O–H groups in total. The van der Waals surface area contributed by atoms with Crippen LogP contribution < -0.4 is 0 Å². The van der Waals surface area contributed by atoms with E-state index in [0.717, 1.165) is 5.56 Å². The number of hydrogen-bond donors (Lipinski definition) is 0. The monoisotopic (exact) mass is 232 g/mol. The molecule has 1 rings (SSSR count). The van der Waals surface area contributed by atoms with E-state index in [0.29, 0.717) is 6.29 Å². The highest BCUT2D eigenvalue weighted by atomic mass is 16.2. The van der Waals surface area contributed by atoms with E-state index in [-0.39, 0.29) is 12.5 Å². The molecule has 1 amide bonds. The van der Waals surface area contributed by atoms with Crippen LogP contribution in [0.5, 0.6) is 0 Å². The van der Waals surface area contributed by atoms with Crippen molar-refractivity contribution in [3.63, 3.8) is 0 Å². The van der Waals surface area contributed by atoms with E-state index >= 15 is 0 Å². The van der Waals surface area contributed by atoms with Crippen molar-refractivity contribution in [1.29, 1.82) is 0 Å². The van der Waals surface area contributed by atoms with Crippen molar-refractivity contribution in [2.45, 2.75) is 0 Å². The topological polar surface area (TPSA) is 40.6 Å². The Hall–Kier alpha value is -1.94. The second-order valence-corrected chi connectivity index (χ2v) is 3.68. The van der Waals surface area contributed by atoms with Gasteiger partial charge in [0, 0.05) is 20.2 Å². The van der Waals surface area contributed by atoms with Crippen molar-refractivity contribution in [2.75, 3.05) is 20.6 Å². The second kappa shape index (κ2) is 6.60. The standard InChI is InChI=1S/C13H16N2O2/c1-14(2)15(10-11-16)13(17)9-8-12-6-4-3-5-7-12/h3-9,11H,10H2,1-2H3. The molecule has 4 heteroatoms. The lowest BCUT2D eigenvalue weighted by atomic mass is 10.2. The van der Waals surface area contributed by atoms with Gasteiger partial charge in [-0.15, -0.1) is 0 Å². The Morgan fingerprint density at radius 1 is 1.24 bits per heavy atom. The first-order chi connectivity index (χ1) is 8.15. The van der Waals surface area contributed by atoms with Gasteiger partial charge in [0.25, 0.3) is 5.91 Å².